The van der Waals surface area contributed by atoms with E-state index in [0.29, 0.717) is 0 Å². The van der Waals surface area contributed by atoms with Gasteiger partial charge < -0.3 is 30.8 Å². The Morgan fingerprint density at radius 3 is 1.85 bits per heavy atom. The third-order valence-corrected chi connectivity index (χ3v) is 1.74. The zero-order valence-corrected chi connectivity index (χ0v) is 7.46. The van der Waals surface area contributed by atoms with Crippen molar-refractivity contribution >= 4 is 0 Å². The highest BCUT2D eigenvalue weighted by Gasteiger charge is 2.29. The maximum atomic E-state index is 9.21. The Balaban J connectivity index is 3.99. The highest BCUT2D eigenvalue weighted by molar-refractivity contribution is 4.81. The monoisotopic (exact) mass is 196 g/mol. The number of aliphatic hydroxyl groups is 5. The molecular formula is C7H17NO5. The predicted octanol–water partition coefficient (Wildman–Crippen LogP) is -3.36. The van der Waals surface area contributed by atoms with Gasteiger partial charge >= 0.3 is 0 Å². The van der Waals surface area contributed by atoms with Gasteiger partial charge in [0.05, 0.1) is 12.7 Å². The summed E-state index contributed by atoms with van der Waals surface area (Å²) in [4.78, 5) is 0. The maximum absolute atomic E-state index is 9.21. The minimum Gasteiger partial charge on any atom is -0.394 e. The Morgan fingerprint density at radius 1 is 1.00 bits per heavy atom. The molecule has 0 fully saturated rings. The molecule has 0 heterocycles. The van der Waals surface area contributed by atoms with Gasteiger partial charge in [-0.2, -0.15) is 0 Å². The van der Waals surface area contributed by atoms with Crippen LogP contribution in [0.2, 0.25) is 0 Å². The molecule has 0 saturated carbocycles. The molecule has 0 spiro atoms. The van der Waals surface area contributed by atoms with Gasteiger partial charge in [-0.15, -0.1) is 0 Å². The molecule has 80 valence electrons. The van der Waals surface area contributed by atoms with E-state index in [2.05, 4.69) is 5.32 Å². The highest BCUT2D eigenvalue weighted by atomic mass is 16.4. The molecule has 4 atom stereocenters. The summed E-state index contributed by atoms with van der Waals surface area (Å²) in [5, 5.41) is 47.5. The third-order valence-electron chi connectivity index (χ3n) is 1.74. The van der Waals surface area contributed by atoms with Crippen LogP contribution in [0.5, 0.6) is 0 Å². The van der Waals surface area contributed by atoms with Gasteiger partial charge in [0.1, 0.15) is 18.3 Å². The lowest BCUT2D eigenvalue weighted by atomic mass is 10.1. The maximum Gasteiger partial charge on any atom is 0.111 e. The molecule has 6 N–H and O–H groups in total. The Hall–Kier alpha value is -0.240. The van der Waals surface area contributed by atoms with Crippen LogP contribution in [0.1, 0.15) is 0 Å². The van der Waals surface area contributed by atoms with Crippen LogP contribution in [-0.4, -0.2) is 70.1 Å². The summed E-state index contributed by atoms with van der Waals surface area (Å²) < 4.78 is 0. The number of hydrogen-bond donors (Lipinski definition) is 6. The molecule has 13 heavy (non-hydrogen) atoms. The van der Waals surface area contributed by atoms with Gasteiger partial charge in [-0.05, 0) is 7.05 Å². The van der Waals surface area contributed by atoms with E-state index in [1.807, 2.05) is 0 Å². The topological polar surface area (TPSA) is 113 Å². The molecule has 0 radical (unpaired) electrons. The lowest BCUT2D eigenvalue weighted by molar-refractivity contribution is -0.113. The van der Waals surface area contributed by atoms with Gasteiger partial charge in [0.25, 0.3) is 0 Å². The van der Waals surface area contributed by atoms with Gasteiger partial charge in [-0.1, -0.05) is 0 Å². The molecule has 0 unspecified atom stereocenters. The third kappa shape index (κ3) is 3.99. The lowest BCUT2D eigenvalue weighted by Gasteiger charge is -2.25. The van der Waals surface area contributed by atoms with Crippen molar-refractivity contribution in [1.29, 1.82) is 0 Å². The first-order chi connectivity index (χ1) is 6.04. The zero-order chi connectivity index (χ0) is 10.4. The summed E-state index contributed by atoms with van der Waals surface area (Å²) in [5.41, 5.74) is 0. The molecule has 0 saturated heterocycles. The van der Waals surface area contributed by atoms with Crippen LogP contribution in [0.15, 0.2) is 0 Å². The van der Waals surface area contributed by atoms with Gasteiger partial charge in [0, 0.05) is 6.54 Å². The predicted molar refractivity (Wildman–Crippen MR) is 45.0 cm³/mol. The van der Waals surface area contributed by atoms with Crippen molar-refractivity contribution in [2.24, 2.45) is 0 Å². The molecule has 0 aromatic carbocycles. The molecule has 0 rings (SSSR count). The zero-order valence-electron chi connectivity index (χ0n) is 7.46. The molecule has 0 aliphatic heterocycles. The first-order valence-corrected chi connectivity index (χ1v) is 4.02. The molecular weight excluding hydrogens is 179 g/mol. The van der Waals surface area contributed by atoms with Gasteiger partial charge in [0.2, 0.25) is 0 Å². The van der Waals surface area contributed by atoms with Gasteiger partial charge in [-0.25, -0.2) is 0 Å². The van der Waals surface area contributed by atoms with Gasteiger partial charge in [-0.3, -0.25) is 0 Å². The normalized spacial score (nSPS) is 20.8. The summed E-state index contributed by atoms with van der Waals surface area (Å²) in [7, 11) is 1.57. The van der Waals surface area contributed by atoms with Crippen molar-refractivity contribution < 1.29 is 25.5 Å². The van der Waals surface area contributed by atoms with E-state index < -0.39 is 31.0 Å². The molecule has 0 aromatic heterocycles. The lowest BCUT2D eigenvalue weighted by Crippen LogP contribution is -2.48. The van der Waals surface area contributed by atoms with Crippen molar-refractivity contribution in [2.75, 3.05) is 20.2 Å². The molecule has 0 aliphatic rings. The van der Waals surface area contributed by atoms with E-state index >= 15 is 0 Å². The Bertz CT molecular complexity index is 134. The van der Waals surface area contributed by atoms with E-state index in [-0.39, 0.29) is 6.54 Å². The Morgan fingerprint density at radius 2 is 1.46 bits per heavy atom. The van der Waals surface area contributed by atoms with E-state index in [1.54, 1.807) is 7.05 Å². The first-order valence-electron chi connectivity index (χ1n) is 4.02. The van der Waals surface area contributed by atoms with Gasteiger partial charge in [0.15, 0.2) is 0 Å². The van der Waals surface area contributed by atoms with E-state index in [1.165, 1.54) is 0 Å². The number of hydrogen-bond acceptors (Lipinski definition) is 6. The van der Waals surface area contributed by atoms with Crippen LogP contribution >= 0.6 is 0 Å². The molecule has 0 aliphatic carbocycles. The van der Waals surface area contributed by atoms with Crippen molar-refractivity contribution in [3.63, 3.8) is 0 Å². The average molecular weight is 196 g/mol. The smallest absolute Gasteiger partial charge is 0.111 e. The van der Waals surface area contributed by atoms with Crippen LogP contribution in [0.25, 0.3) is 0 Å². The van der Waals surface area contributed by atoms with Crippen molar-refractivity contribution in [2.45, 2.75) is 24.4 Å². The molecule has 0 aromatic rings. The van der Waals surface area contributed by atoms with E-state index in [4.69, 9.17) is 20.4 Å². The van der Waals surface area contributed by atoms with Crippen LogP contribution in [0, 0.1) is 0 Å². The average Bonchev–Trinajstić information content (AvgIpc) is 2.14. The molecule has 0 amide bonds. The molecule has 0 bridgehead atoms. The number of nitrogens with one attached hydrogen (secondary N) is 1. The summed E-state index contributed by atoms with van der Waals surface area (Å²) in [6, 6.07) is 0. The summed E-state index contributed by atoms with van der Waals surface area (Å²) >= 11 is 0. The van der Waals surface area contributed by atoms with Crippen LogP contribution in [0.4, 0.5) is 0 Å². The SMILES string of the molecule is CN[13CH2][C@H](O)[C@@H](O)[C@H](O)[C@H](O)CO. The minimum atomic E-state index is -1.55. The minimum absolute atomic E-state index is 0.0936. The highest BCUT2D eigenvalue weighted by Crippen LogP contribution is 2.04. The first kappa shape index (κ1) is 12.8. The van der Waals surface area contributed by atoms with Crippen molar-refractivity contribution in [3.05, 3.63) is 0 Å². The number of aliphatic hydroxyl groups excluding tert-OH is 5. The summed E-state index contributed by atoms with van der Waals surface area (Å²) in [6.45, 7) is -0.569. The summed E-state index contributed by atoms with van der Waals surface area (Å²) in [5.74, 6) is 0. The van der Waals surface area contributed by atoms with Crippen LogP contribution in [-0.2, 0) is 0 Å². The fourth-order valence-corrected chi connectivity index (χ4v) is 0.893. The van der Waals surface area contributed by atoms with Crippen LogP contribution < -0.4 is 5.32 Å². The standard InChI is InChI=1S/C7H17NO5/c1-8-2-4(10)6(12)7(13)5(11)3-9/h4-13H,2-3H2,1H3/t4-,5+,6+,7+/m0/s1/i2+1. The fourth-order valence-electron chi connectivity index (χ4n) is 0.893. The second kappa shape index (κ2) is 6.25. The van der Waals surface area contributed by atoms with E-state index in [9.17, 15) is 5.11 Å². The second-order valence-corrected chi connectivity index (χ2v) is 2.86. The number of rotatable bonds is 6. The Labute approximate surface area is 76.4 Å². The summed E-state index contributed by atoms with van der Waals surface area (Å²) in [6.07, 6.45) is -5.65. The van der Waals surface area contributed by atoms with Crippen molar-refractivity contribution in [3.8, 4) is 0 Å². The number of likely N-dealkylation sites (N-methyl/N-ethyl adjacent to an activating group) is 1. The second-order valence-electron chi connectivity index (χ2n) is 2.86. The Kier molecular flexibility index (Phi) is 6.13. The quantitative estimate of drug-likeness (QED) is 0.247. The van der Waals surface area contributed by atoms with E-state index in [0.717, 1.165) is 0 Å². The largest absolute Gasteiger partial charge is 0.394 e. The fraction of sp³-hybridized carbons (Fsp3) is 1.00. The van der Waals surface area contributed by atoms with Crippen molar-refractivity contribution in [1.82, 2.24) is 5.32 Å². The molecule has 6 heteroatoms. The molecule has 6 nitrogen and oxygen atoms in total. The van der Waals surface area contributed by atoms with Crippen LogP contribution in [0.3, 0.4) is 0 Å².